The molecule has 1 fully saturated rings. The molecule has 0 bridgehead atoms. The first-order chi connectivity index (χ1) is 14.1. The molecule has 2 aromatic rings. The van der Waals surface area contributed by atoms with Crippen LogP contribution in [-0.4, -0.2) is 50.6 Å². The maximum Gasteiger partial charge on any atom is 0.335 e. The van der Waals surface area contributed by atoms with E-state index >= 15 is 0 Å². The second-order valence-corrected chi connectivity index (χ2v) is 7.17. The molecule has 0 atom stereocenters. The van der Waals surface area contributed by atoms with Gasteiger partial charge in [0, 0.05) is 11.8 Å². The fourth-order valence-corrected chi connectivity index (χ4v) is 3.41. The van der Waals surface area contributed by atoms with Crippen LogP contribution in [0.15, 0.2) is 39.7 Å². The summed E-state index contributed by atoms with van der Waals surface area (Å²) >= 11 is 0.650. The third-order valence-electron chi connectivity index (χ3n) is 3.92. The van der Waals surface area contributed by atoms with Gasteiger partial charge in [-0.05, 0) is 49.0 Å². The van der Waals surface area contributed by atoms with Gasteiger partial charge < -0.3 is 19.9 Å². The van der Waals surface area contributed by atoms with Gasteiger partial charge >= 0.3 is 11.9 Å². The van der Waals surface area contributed by atoms with E-state index in [1.54, 1.807) is 19.1 Å². The number of thioether (sulfide) groups is 1. The van der Waals surface area contributed by atoms with Crippen LogP contribution in [-0.2, 0) is 9.59 Å². The van der Waals surface area contributed by atoms with Gasteiger partial charge in [-0.25, -0.2) is 9.59 Å². The number of nitrogens with zero attached hydrogens (tertiary/aromatic N) is 1. The standard InChI is InChI=1S/C19H14N2O8S/c1-9-2-3-13(29-9)7-14-16(23)21(19(28)30-14)8-15(22)20-12-5-10(17(24)25)4-11(6-12)18(26)27/h2-7H,8H2,1H3,(H,20,22)(H,24,25)(H,26,27)/b14-7-. The van der Waals surface area contributed by atoms with E-state index < -0.39 is 35.5 Å². The largest absolute Gasteiger partial charge is 0.478 e. The first-order valence-electron chi connectivity index (χ1n) is 8.37. The number of carbonyl (C=O) groups excluding carboxylic acids is 3. The Balaban J connectivity index is 1.74. The van der Waals surface area contributed by atoms with E-state index in [1.807, 2.05) is 0 Å². The number of rotatable bonds is 6. The van der Waals surface area contributed by atoms with Gasteiger partial charge in [0.25, 0.3) is 11.1 Å². The predicted molar refractivity (Wildman–Crippen MR) is 105 cm³/mol. The van der Waals surface area contributed by atoms with E-state index in [0.717, 1.165) is 23.1 Å². The molecule has 3 N–H and O–H groups in total. The van der Waals surface area contributed by atoms with Gasteiger partial charge in [0.1, 0.15) is 18.1 Å². The zero-order valence-electron chi connectivity index (χ0n) is 15.4. The summed E-state index contributed by atoms with van der Waals surface area (Å²) in [6.07, 6.45) is 1.39. The molecule has 2 heterocycles. The molecule has 30 heavy (non-hydrogen) atoms. The highest BCUT2D eigenvalue weighted by Crippen LogP contribution is 2.32. The maximum absolute atomic E-state index is 12.4. The second kappa shape index (κ2) is 8.25. The van der Waals surface area contributed by atoms with Crippen LogP contribution in [0.2, 0.25) is 0 Å². The van der Waals surface area contributed by atoms with Gasteiger partial charge in [-0.1, -0.05) is 0 Å². The summed E-state index contributed by atoms with van der Waals surface area (Å²) in [6, 6.07) is 6.41. The number of benzene rings is 1. The van der Waals surface area contributed by atoms with Crippen molar-refractivity contribution in [2.75, 3.05) is 11.9 Å². The average molecular weight is 430 g/mol. The van der Waals surface area contributed by atoms with E-state index in [1.165, 1.54) is 6.08 Å². The van der Waals surface area contributed by atoms with Crippen molar-refractivity contribution in [3.8, 4) is 0 Å². The number of imide groups is 1. The molecule has 154 valence electrons. The Morgan fingerprint density at radius 1 is 1.10 bits per heavy atom. The summed E-state index contributed by atoms with van der Waals surface area (Å²) in [4.78, 5) is 60.0. The third kappa shape index (κ3) is 4.58. The van der Waals surface area contributed by atoms with Crippen molar-refractivity contribution in [2.45, 2.75) is 6.92 Å². The van der Waals surface area contributed by atoms with E-state index in [2.05, 4.69) is 5.32 Å². The summed E-state index contributed by atoms with van der Waals surface area (Å²) in [5.41, 5.74) is -0.771. The Kier molecular flexibility index (Phi) is 5.74. The van der Waals surface area contributed by atoms with Crippen LogP contribution in [0.25, 0.3) is 6.08 Å². The summed E-state index contributed by atoms with van der Waals surface area (Å²) in [6.45, 7) is 1.10. The van der Waals surface area contributed by atoms with E-state index in [0.29, 0.717) is 23.3 Å². The third-order valence-corrected chi connectivity index (χ3v) is 4.83. The number of carbonyl (C=O) groups is 5. The van der Waals surface area contributed by atoms with Gasteiger partial charge in [-0.2, -0.15) is 0 Å². The molecule has 10 nitrogen and oxygen atoms in total. The number of hydrogen-bond acceptors (Lipinski definition) is 7. The van der Waals surface area contributed by atoms with Crippen LogP contribution >= 0.6 is 11.8 Å². The minimum Gasteiger partial charge on any atom is -0.478 e. The van der Waals surface area contributed by atoms with Crippen molar-refractivity contribution < 1.29 is 38.6 Å². The highest BCUT2D eigenvalue weighted by atomic mass is 32.2. The Morgan fingerprint density at radius 2 is 1.73 bits per heavy atom. The van der Waals surface area contributed by atoms with E-state index in [4.69, 9.17) is 14.6 Å². The first kappa shape index (κ1) is 20.9. The molecule has 0 radical (unpaired) electrons. The topological polar surface area (TPSA) is 154 Å². The molecule has 1 aromatic carbocycles. The number of furan rings is 1. The summed E-state index contributed by atoms with van der Waals surface area (Å²) in [5.74, 6) is -3.22. The van der Waals surface area contributed by atoms with Crippen LogP contribution in [0, 0.1) is 6.92 Å². The minimum absolute atomic E-state index is 0.0863. The molecule has 0 aliphatic carbocycles. The highest BCUT2D eigenvalue weighted by molar-refractivity contribution is 8.18. The fourth-order valence-electron chi connectivity index (χ4n) is 2.59. The Bertz CT molecular complexity index is 1090. The van der Waals surface area contributed by atoms with Crippen LogP contribution in [0.5, 0.6) is 0 Å². The fraction of sp³-hybridized carbons (Fsp3) is 0.105. The second-order valence-electron chi connectivity index (χ2n) is 6.17. The predicted octanol–water partition coefficient (Wildman–Crippen LogP) is 2.66. The lowest BCUT2D eigenvalue weighted by Gasteiger charge is -2.13. The monoisotopic (exact) mass is 430 g/mol. The number of amides is 3. The smallest absolute Gasteiger partial charge is 0.335 e. The van der Waals surface area contributed by atoms with Crippen LogP contribution in [0.3, 0.4) is 0 Å². The molecule has 1 saturated heterocycles. The quantitative estimate of drug-likeness (QED) is 0.587. The van der Waals surface area contributed by atoms with Crippen LogP contribution in [0.1, 0.15) is 32.2 Å². The Labute approximate surface area is 173 Å². The highest BCUT2D eigenvalue weighted by Gasteiger charge is 2.36. The van der Waals surface area contributed by atoms with Crippen molar-refractivity contribution in [1.82, 2.24) is 4.90 Å². The minimum atomic E-state index is -1.38. The zero-order valence-corrected chi connectivity index (χ0v) is 16.2. The normalized spacial score (nSPS) is 15.0. The number of nitrogens with one attached hydrogen (secondary N) is 1. The molecule has 3 amide bonds. The lowest BCUT2D eigenvalue weighted by atomic mass is 10.1. The lowest BCUT2D eigenvalue weighted by Crippen LogP contribution is -2.36. The van der Waals surface area contributed by atoms with Gasteiger partial charge in [0.2, 0.25) is 5.91 Å². The molecule has 1 aliphatic rings. The van der Waals surface area contributed by atoms with Crippen molar-refractivity contribution in [3.05, 3.63) is 57.9 Å². The summed E-state index contributed by atoms with van der Waals surface area (Å²) < 4.78 is 5.34. The zero-order chi connectivity index (χ0) is 22.0. The SMILES string of the molecule is Cc1ccc(/C=C2\SC(=O)N(CC(=O)Nc3cc(C(=O)O)cc(C(=O)O)c3)C2=O)o1. The Morgan fingerprint density at radius 3 is 2.27 bits per heavy atom. The lowest BCUT2D eigenvalue weighted by molar-refractivity contribution is -0.127. The molecule has 1 aromatic heterocycles. The molecule has 1 aliphatic heterocycles. The molecule has 11 heteroatoms. The van der Waals surface area contributed by atoms with Gasteiger partial charge in [0.05, 0.1) is 16.0 Å². The molecular formula is C19H14N2O8S. The van der Waals surface area contributed by atoms with Crippen LogP contribution < -0.4 is 5.32 Å². The van der Waals surface area contributed by atoms with E-state index in [-0.39, 0.29) is 21.7 Å². The number of aryl methyl sites for hydroxylation is 1. The van der Waals surface area contributed by atoms with Crippen molar-refractivity contribution in [1.29, 1.82) is 0 Å². The molecule has 0 saturated carbocycles. The number of aromatic carboxylic acids is 2. The Hall–Kier alpha value is -3.86. The molecule has 0 spiro atoms. The van der Waals surface area contributed by atoms with Gasteiger partial charge in [-0.15, -0.1) is 0 Å². The average Bonchev–Trinajstić information content (AvgIpc) is 3.19. The van der Waals surface area contributed by atoms with Crippen molar-refractivity contribution in [2.24, 2.45) is 0 Å². The number of carboxylic acid groups (broad SMARTS) is 2. The van der Waals surface area contributed by atoms with Crippen molar-refractivity contribution >= 4 is 52.5 Å². The first-order valence-corrected chi connectivity index (χ1v) is 9.19. The van der Waals surface area contributed by atoms with Crippen LogP contribution in [0.4, 0.5) is 10.5 Å². The molecular weight excluding hydrogens is 416 g/mol. The maximum atomic E-state index is 12.4. The van der Waals surface area contributed by atoms with Crippen molar-refractivity contribution in [3.63, 3.8) is 0 Å². The number of carboxylic acids is 2. The number of hydrogen-bond donors (Lipinski definition) is 3. The number of anilines is 1. The molecule has 3 rings (SSSR count). The molecule has 0 unspecified atom stereocenters. The summed E-state index contributed by atoms with van der Waals surface area (Å²) in [5, 5.41) is 19.8. The van der Waals surface area contributed by atoms with Gasteiger partial charge in [-0.3, -0.25) is 19.3 Å². The van der Waals surface area contributed by atoms with Gasteiger partial charge in [0.15, 0.2) is 0 Å². The van der Waals surface area contributed by atoms with E-state index in [9.17, 15) is 24.0 Å². The summed E-state index contributed by atoms with van der Waals surface area (Å²) in [7, 11) is 0.